The van der Waals surface area contributed by atoms with Gasteiger partial charge in [-0.3, -0.25) is 4.79 Å². The molecule has 2 aromatic carbocycles. The van der Waals surface area contributed by atoms with Crippen molar-refractivity contribution in [2.45, 2.75) is 18.5 Å². The van der Waals surface area contributed by atoms with Gasteiger partial charge in [-0.05, 0) is 41.8 Å². The first-order chi connectivity index (χ1) is 10.3. The molecule has 2 aromatic rings. The summed E-state index contributed by atoms with van der Waals surface area (Å²) in [6.45, 7) is 0. The van der Waals surface area contributed by atoms with Gasteiger partial charge in [0.2, 0.25) is 0 Å². The monoisotopic (exact) mass is 328 g/mol. The highest BCUT2D eigenvalue weighted by atomic mass is 35.5. The van der Waals surface area contributed by atoms with Gasteiger partial charge in [-0.25, -0.2) is 0 Å². The second kappa shape index (κ2) is 6.40. The molecule has 0 radical (unpaired) electrons. The van der Waals surface area contributed by atoms with Crippen molar-refractivity contribution < 1.29 is 23.1 Å². The van der Waals surface area contributed by atoms with Crippen molar-refractivity contribution in [2.75, 3.05) is 0 Å². The summed E-state index contributed by atoms with van der Waals surface area (Å²) >= 11 is 5.77. The number of benzene rings is 2. The Morgan fingerprint density at radius 1 is 1.05 bits per heavy atom. The summed E-state index contributed by atoms with van der Waals surface area (Å²) < 4.78 is 37.6. The van der Waals surface area contributed by atoms with E-state index >= 15 is 0 Å². The van der Waals surface area contributed by atoms with Crippen LogP contribution in [0.2, 0.25) is 5.02 Å². The Morgan fingerprint density at radius 3 is 2.05 bits per heavy atom. The minimum Gasteiger partial charge on any atom is -0.481 e. The van der Waals surface area contributed by atoms with E-state index in [0.29, 0.717) is 10.6 Å². The Kier molecular flexibility index (Phi) is 4.76. The molecule has 1 atom stereocenters. The highest BCUT2D eigenvalue weighted by molar-refractivity contribution is 6.30. The molecule has 0 saturated heterocycles. The van der Waals surface area contributed by atoms with Crippen LogP contribution in [0, 0.1) is 0 Å². The Labute approximate surface area is 130 Å². The van der Waals surface area contributed by atoms with E-state index in [0.717, 1.165) is 17.7 Å². The van der Waals surface area contributed by atoms with E-state index in [1.807, 2.05) is 0 Å². The summed E-state index contributed by atoms with van der Waals surface area (Å²) in [5.41, 5.74) is 0.277. The normalized spacial score (nSPS) is 12.9. The second-order valence-electron chi connectivity index (χ2n) is 4.84. The molecule has 0 fully saturated rings. The Balaban J connectivity index is 2.24. The first kappa shape index (κ1) is 16.4. The molecular weight excluding hydrogens is 317 g/mol. The number of aliphatic carboxylic acids is 1. The summed E-state index contributed by atoms with van der Waals surface area (Å²) in [7, 11) is 0. The predicted molar refractivity (Wildman–Crippen MR) is 77.0 cm³/mol. The third-order valence-electron chi connectivity index (χ3n) is 3.29. The lowest BCUT2D eigenvalue weighted by molar-refractivity contribution is -0.138. The van der Waals surface area contributed by atoms with Gasteiger partial charge in [0.1, 0.15) is 0 Å². The van der Waals surface area contributed by atoms with Crippen LogP contribution in [0.4, 0.5) is 13.2 Å². The quantitative estimate of drug-likeness (QED) is 0.877. The molecule has 2 rings (SSSR count). The zero-order valence-corrected chi connectivity index (χ0v) is 12.0. The van der Waals surface area contributed by atoms with Gasteiger partial charge in [0, 0.05) is 5.02 Å². The Bertz CT molecular complexity index is 649. The number of hydrogen-bond donors (Lipinski definition) is 1. The number of hydrogen-bond acceptors (Lipinski definition) is 1. The number of carbonyl (C=O) groups is 1. The molecule has 2 nitrogen and oxygen atoms in total. The third kappa shape index (κ3) is 4.01. The molecule has 0 amide bonds. The lowest BCUT2D eigenvalue weighted by atomic mass is 9.91. The van der Waals surface area contributed by atoms with Gasteiger partial charge >= 0.3 is 12.1 Å². The fraction of sp³-hybridized carbons (Fsp3) is 0.188. The molecule has 22 heavy (non-hydrogen) atoms. The molecule has 0 aliphatic rings. The van der Waals surface area contributed by atoms with Crippen LogP contribution in [-0.4, -0.2) is 11.1 Å². The summed E-state index contributed by atoms with van der Waals surface area (Å²) in [6.07, 6.45) is -4.26. The Morgan fingerprint density at radius 2 is 1.59 bits per heavy atom. The van der Waals surface area contributed by atoms with Crippen molar-refractivity contribution in [3.05, 3.63) is 70.2 Å². The summed E-state index contributed by atoms with van der Waals surface area (Å²) in [5.74, 6) is -2.00. The van der Waals surface area contributed by atoms with Gasteiger partial charge in [0.05, 0.1) is 11.5 Å². The number of alkyl halides is 3. The van der Waals surface area contributed by atoms with Crippen molar-refractivity contribution in [3.8, 4) is 0 Å². The largest absolute Gasteiger partial charge is 0.481 e. The number of carboxylic acids is 1. The lowest BCUT2D eigenvalue weighted by Crippen LogP contribution is -2.15. The van der Waals surface area contributed by atoms with E-state index in [4.69, 9.17) is 11.6 Å². The maximum Gasteiger partial charge on any atom is 0.416 e. The molecular formula is C16H12ClF3O2. The molecule has 0 aromatic heterocycles. The fourth-order valence-corrected chi connectivity index (χ4v) is 2.23. The smallest absolute Gasteiger partial charge is 0.416 e. The number of halogens is 4. The molecule has 0 heterocycles. The van der Waals surface area contributed by atoms with Crippen LogP contribution < -0.4 is 0 Å². The minimum atomic E-state index is -4.44. The van der Waals surface area contributed by atoms with Crippen molar-refractivity contribution in [3.63, 3.8) is 0 Å². The molecule has 0 aliphatic heterocycles. The van der Waals surface area contributed by atoms with Crippen LogP contribution in [0.15, 0.2) is 48.5 Å². The number of rotatable bonds is 4. The van der Waals surface area contributed by atoms with Crippen LogP contribution >= 0.6 is 11.6 Å². The van der Waals surface area contributed by atoms with E-state index in [9.17, 15) is 23.1 Å². The molecule has 116 valence electrons. The molecule has 6 heteroatoms. The first-order valence-corrected chi connectivity index (χ1v) is 6.79. The zero-order valence-electron chi connectivity index (χ0n) is 11.3. The van der Waals surface area contributed by atoms with Crippen LogP contribution in [0.1, 0.15) is 22.6 Å². The average molecular weight is 329 g/mol. The van der Waals surface area contributed by atoms with Gasteiger partial charge in [0.25, 0.3) is 0 Å². The Hall–Kier alpha value is -2.01. The first-order valence-electron chi connectivity index (χ1n) is 6.42. The van der Waals surface area contributed by atoms with Gasteiger partial charge in [-0.2, -0.15) is 13.2 Å². The van der Waals surface area contributed by atoms with E-state index in [-0.39, 0.29) is 6.42 Å². The molecule has 0 saturated carbocycles. The van der Waals surface area contributed by atoms with Crippen LogP contribution in [0.5, 0.6) is 0 Å². The topological polar surface area (TPSA) is 37.3 Å². The second-order valence-corrected chi connectivity index (χ2v) is 5.28. The molecule has 0 aliphatic carbocycles. The van der Waals surface area contributed by atoms with Crippen molar-refractivity contribution in [1.29, 1.82) is 0 Å². The minimum absolute atomic E-state index is 0.178. The fourth-order valence-electron chi connectivity index (χ4n) is 2.11. The molecule has 1 N–H and O–H groups in total. The lowest BCUT2D eigenvalue weighted by Gasteiger charge is -2.14. The summed E-state index contributed by atoms with van der Waals surface area (Å²) in [5, 5.41) is 9.86. The van der Waals surface area contributed by atoms with Gasteiger partial charge in [-0.15, -0.1) is 0 Å². The molecule has 0 bridgehead atoms. The van der Waals surface area contributed by atoms with E-state index < -0.39 is 23.6 Å². The van der Waals surface area contributed by atoms with Crippen molar-refractivity contribution >= 4 is 17.6 Å². The van der Waals surface area contributed by atoms with Gasteiger partial charge < -0.3 is 5.11 Å². The highest BCUT2D eigenvalue weighted by Crippen LogP contribution is 2.31. The van der Waals surface area contributed by atoms with Gasteiger partial charge in [-0.1, -0.05) is 35.9 Å². The standard InChI is InChI=1S/C16H12ClF3O2/c17-13-7-1-10(2-8-13)9-14(15(21)22)11-3-5-12(6-4-11)16(18,19)20/h1-8,14H,9H2,(H,21,22). The maximum atomic E-state index is 12.5. The van der Waals surface area contributed by atoms with Crippen LogP contribution in [0.25, 0.3) is 0 Å². The summed E-state index contributed by atoms with van der Waals surface area (Å²) in [6, 6.07) is 10.9. The van der Waals surface area contributed by atoms with Crippen molar-refractivity contribution in [1.82, 2.24) is 0 Å². The van der Waals surface area contributed by atoms with Gasteiger partial charge in [0.15, 0.2) is 0 Å². The molecule has 1 unspecified atom stereocenters. The average Bonchev–Trinajstić information content (AvgIpc) is 2.45. The van der Waals surface area contributed by atoms with E-state index in [2.05, 4.69) is 0 Å². The van der Waals surface area contributed by atoms with E-state index in [1.54, 1.807) is 24.3 Å². The van der Waals surface area contributed by atoms with Crippen LogP contribution in [0.3, 0.4) is 0 Å². The van der Waals surface area contributed by atoms with Crippen LogP contribution in [-0.2, 0) is 17.4 Å². The predicted octanol–water partition coefficient (Wildman–Crippen LogP) is 4.77. The SMILES string of the molecule is O=C(O)C(Cc1ccc(Cl)cc1)c1ccc(C(F)(F)F)cc1. The van der Waals surface area contributed by atoms with E-state index in [1.165, 1.54) is 12.1 Å². The maximum absolute atomic E-state index is 12.5. The zero-order chi connectivity index (χ0) is 16.3. The molecule has 0 spiro atoms. The third-order valence-corrected chi connectivity index (χ3v) is 3.54. The number of carboxylic acid groups (broad SMARTS) is 1. The van der Waals surface area contributed by atoms with Crippen molar-refractivity contribution in [2.24, 2.45) is 0 Å². The summed E-state index contributed by atoms with van der Waals surface area (Å²) in [4.78, 5) is 11.4. The highest BCUT2D eigenvalue weighted by Gasteiger charge is 2.30.